The SMILES string of the molecule is Nc1cnc2nc(-c3ccccc3Cl)oc2c1. The maximum Gasteiger partial charge on any atom is 0.230 e. The average Bonchev–Trinajstić information content (AvgIpc) is 2.72. The van der Waals surface area contributed by atoms with Crippen LogP contribution >= 0.6 is 11.6 Å². The second-order valence-electron chi connectivity index (χ2n) is 3.59. The fourth-order valence-electron chi connectivity index (χ4n) is 1.58. The lowest BCUT2D eigenvalue weighted by atomic mass is 10.2. The number of rotatable bonds is 1. The van der Waals surface area contributed by atoms with Crippen molar-refractivity contribution in [3.05, 3.63) is 41.6 Å². The van der Waals surface area contributed by atoms with Crippen molar-refractivity contribution in [3.63, 3.8) is 0 Å². The topological polar surface area (TPSA) is 64.9 Å². The van der Waals surface area contributed by atoms with Gasteiger partial charge in [0.05, 0.1) is 22.5 Å². The molecule has 0 aliphatic rings. The van der Waals surface area contributed by atoms with E-state index in [0.717, 1.165) is 5.56 Å². The smallest absolute Gasteiger partial charge is 0.230 e. The van der Waals surface area contributed by atoms with E-state index in [1.807, 2.05) is 18.2 Å². The zero-order valence-corrected chi connectivity index (χ0v) is 9.48. The molecule has 1 aromatic carbocycles. The van der Waals surface area contributed by atoms with Crippen LogP contribution in [0.2, 0.25) is 5.02 Å². The Hall–Kier alpha value is -2.07. The summed E-state index contributed by atoms with van der Waals surface area (Å²) in [4.78, 5) is 8.35. The van der Waals surface area contributed by atoms with Crippen molar-refractivity contribution in [2.75, 3.05) is 5.73 Å². The van der Waals surface area contributed by atoms with Gasteiger partial charge in [0, 0.05) is 6.07 Å². The first-order chi connectivity index (χ1) is 8.24. The molecule has 2 aromatic heterocycles. The fourth-order valence-corrected chi connectivity index (χ4v) is 1.80. The van der Waals surface area contributed by atoms with Crippen LogP contribution in [0.4, 0.5) is 5.69 Å². The number of oxazole rings is 1. The van der Waals surface area contributed by atoms with E-state index in [2.05, 4.69) is 9.97 Å². The highest BCUT2D eigenvalue weighted by atomic mass is 35.5. The van der Waals surface area contributed by atoms with Crippen molar-refractivity contribution in [2.45, 2.75) is 0 Å². The van der Waals surface area contributed by atoms with Crippen LogP contribution in [0.5, 0.6) is 0 Å². The first kappa shape index (κ1) is 10.1. The molecule has 0 unspecified atom stereocenters. The zero-order valence-electron chi connectivity index (χ0n) is 8.72. The van der Waals surface area contributed by atoms with Crippen LogP contribution < -0.4 is 5.73 Å². The molecule has 3 aromatic rings. The van der Waals surface area contributed by atoms with Crippen LogP contribution in [-0.4, -0.2) is 9.97 Å². The number of benzene rings is 1. The first-order valence-corrected chi connectivity index (χ1v) is 5.39. The van der Waals surface area contributed by atoms with Crippen molar-refractivity contribution >= 4 is 28.5 Å². The number of hydrogen-bond donors (Lipinski definition) is 1. The number of nitrogen functional groups attached to an aromatic ring is 1. The van der Waals surface area contributed by atoms with Gasteiger partial charge in [-0.2, -0.15) is 4.98 Å². The van der Waals surface area contributed by atoms with E-state index in [9.17, 15) is 0 Å². The molecule has 17 heavy (non-hydrogen) atoms. The molecule has 5 heteroatoms. The molecule has 0 spiro atoms. The molecule has 84 valence electrons. The van der Waals surface area contributed by atoms with E-state index in [0.29, 0.717) is 27.8 Å². The van der Waals surface area contributed by atoms with Gasteiger partial charge in [0.1, 0.15) is 0 Å². The van der Waals surface area contributed by atoms with E-state index >= 15 is 0 Å². The number of hydrogen-bond acceptors (Lipinski definition) is 4. The van der Waals surface area contributed by atoms with Gasteiger partial charge < -0.3 is 10.2 Å². The maximum absolute atomic E-state index is 6.07. The Bertz CT molecular complexity index is 693. The third-order valence-corrected chi connectivity index (χ3v) is 2.70. The maximum atomic E-state index is 6.07. The second kappa shape index (κ2) is 3.75. The third kappa shape index (κ3) is 1.72. The summed E-state index contributed by atoms with van der Waals surface area (Å²) in [5, 5.41) is 0.590. The number of fused-ring (bicyclic) bond motifs is 1. The number of nitrogens with zero attached hydrogens (tertiary/aromatic N) is 2. The standard InChI is InChI=1S/C12H8ClN3O/c13-9-4-2-1-3-8(9)12-16-11-10(17-12)5-7(14)6-15-11/h1-6H,14H2. The van der Waals surface area contributed by atoms with Gasteiger partial charge in [0.25, 0.3) is 0 Å². The number of pyridine rings is 1. The summed E-state index contributed by atoms with van der Waals surface area (Å²) in [6.07, 6.45) is 1.54. The van der Waals surface area contributed by atoms with Crippen molar-refractivity contribution < 1.29 is 4.42 Å². The number of halogens is 1. The van der Waals surface area contributed by atoms with Crippen LogP contribution in [0.15, 0.2) is 40.9 Å². The largest absolute Gasteiger partial charge is 0.434 e. The Morgan fingerprint density at radius 1 is 1.24 bits per heavy atom. The highest BCUT2D eigenvalue weighted by Crippen LogP contribution is 2.29. The van der Waals surface area contributed by atoms with Gasteiger partial charge in [0.2, 0.25) is 5.89 Å². The predicted octanol–water partition coefficient (Wildman–Crippen LogP) is 3.13. The number of aromatic nitrogens is 2. The Kier molecular flexibility index (Phi) is 2.23. The second-order valence-corrected chi connectivity index (χ2v) is 4.00. The Morgan fingerprint density at radius 3 is 2.88 bits per heavy atom. The molecule has 0 saturated carbocycles. The highest BCUT2D eigenvalue weighted by molar-refractivity contribution is 6.33. The quantitative estimate of drug-likeness (QED) is 0.715. The fraction of sp³-hybridized carbons (Fsp3) is 0. The van der Waals surface area contributed by atoms with Gasteiger partial charge in [-0.25, -0.2) is 4.98 Å². The lowest BCUT2D eigenvalue weighted by molar-refractivity contribution is 0.620. The van der Waals surface area contributed by atoms with Gasteiger partial charge >= 0.3 is 0 Å². The van der Waals surface area contributed by atoms with Crippen LogP contribution in [0.25, 0.3) is 22.7 Å². The third-order valence-electron chi connectivity index (χ3n) is 2.37. The minimum Gasteiger partial charge on any atom is -0.434 e. The molecule has 0 aliphatic heterocycles. The van der Waals surface area contributed by atoms with Crippen molar-refractivity contribution in [1.82, 2.24) is 9.97 Å². The van der Waals surface area contributed by atoms with Crippen LogP contribution in [0.3, 0.4) is 0 Å². The van der Waals surface area contributed by atoms with Crippen LogP contribution in [-0.2, 0) is 0 Å². The lowest BCUT2D eigenvalue weighted by Gasteiger charge is -1.96. The summed E-state index contributed by atoms with van der Waals surface area (Å²) in [6, 6.07) is 9.04. The van der Waals surface area contributed by atoms with Crippen molar-refractivity contribution in [3.8, 4) is 11.5 Å². The minimum absolute atomic E-state index is 0.448. The van der Waals surface area contributed by atoms with E-state index in [4.69, 9.17) is 21.8 Å². The summed E-state index contributed by atoms with van der Waals surface area (Å²) >= 11 is 6.07. The Morgan fingerprint density at radius 2 is 2.06 bits per heavy atom. The Balaban J connectivity index is 2.22. The molecule has 2 N–H and O–H groups in total. The van der Waals surface area contributed by atoms with Gasteiger partial charge in [-0.05, 0) is 12.1 Å². The molecule has 0 fully saturated rings. The highest BCUT2D eigenvalue weighted by Gasteiger charge is 2.11. The van der Waals surface area contributed by atoms with E-state index in [-0.39, 0.29) is 0 Å². The molecule has 0 saturated heterocycles. The van der Waals surface area contributed by atoms with Gasteiger partial charge in [-0.3, -0.25) is 0 Å². The molecule has 0 atom stereocenters. The molecule has 2 heterocycles. The minimum atomic E-state index is 0.448. The summed E-state index contributed by atoms with van der Waals surface area (Å²) in [5.41, 5.74) is 7.99. The first-order valence-electron chi connectivity index (χ1n) is 5.01. The zero-order chi connectivity index (χ0) is 11.8. The molecule has 0 amide bonds. The molecule has 0 bridgehead atoms. The summed E-state index contributed by atoms with van der Waals surface area (Å²) in [5.74, 6) is 0.448. The molecule has 0 radical (unpaired) electrons. The van der Waals surface area contributed by atoms with Gasteiger partial charge in [0.15, 0.2) is 11.2 Å². The van der Waals surface area contributed by atoms with Crippen molar-refractivity contribution in [2.24, 2.45) is 0 Å². The summed E-state index contributed by atoms with van der Waals surface area (Å²) in [6.45, 7) is 0. The van der Waals surface area contributed by atoms with Crippen LogP contribution in [0, 0.1) is 0 Å². The van der Waals surface area contributed by atoms with E-state index in [1.165, 1.54) is 0 Å². The number of anilines is 1. The molecule has 0 aliphatic carbocycles. The van der Waals surface area contributed by atoms with E-state index in [1.54, 1.807) is 18.3 Å². The van der Waals surface area contributed by atoms with Crippen LogP contribution in [0.1, 0.15) is 0 Å². The lowest BCUT2D eigenvalue weighted by Crippen LogP contribution is -1.85. The van der Waals surface area contributed by atoms with Gasteiger partial charge in [-0.1, -0.05) is 23.7 Å². The molecular weight excluding hydrogens is 238 g/mol. The molecular formula is C12H8ClN3O. The summed E-state index contributed by atoms with van der Waals surface area (Å²) in [7, 11) is 0. The molecule has 3 rings (SSSR count). The predicted molar refractivity (Wildman–Crippen MR) is 66.7 cm³/mol. The number of nitrogens with two attached hydrogens (primary N) is 1. The van der Waals surface area contributed by atoms with E-state index < -0.39 is 0 Å². The molecule has 4 nitrogen and oxygen atoms in total. The monoisotopic (exact) mass is 245 g/mol. The Labute approximate surface area is 102 Å². The average molecular weight is 246 g/mol. The summed E-state index contributed by atoms with van der Waals surface area (Å²) < 4.78 is 5.58. The van der Waals surface area contributed by atoms with Crippen molar-refractivity contribution in [1.29, 1.82) is 0 Å². The van der Waals surface area contributed by atoms with Gasteiger partial charge in [-0.15, -0.1) is 0 Å². The normalized spacial score (nSPS) is 10.9.